The van der Waals surface area contributed by atoms with E-state index in [4.69, 9.17) is 9.47 Å². The molecular formula is C32H52O5. The van der Waals surface area contributed by atoms with E-state index >= 15 is 0 Å². The van der Waals surface area contributed by atoms with Crippen LogP contribution in [0.4, 0.5) is 0 Å². The van der Waals surface area contributed by atoms with Crippen LogP contribution in [0.3, 0.4) is 0 Å². The minimum absolute atomic E-state index is 0.173. The molecule has 0 amide bonds. The topological polar surface area (TPSA) is 79.2 Å². The summed E-state index contributed by atoms with van der Waals surface area (Å²) in [6.07, 6.45) is 15.3. The SMILES string of the molecule is CC[C@H]1O[C@@H](/C(C)=C/[C@H](C)/C=C/[C@H]2[C@@H](C)[C@@H]2/C=C/[C@@H]2O[C@H](CC(O)(CC)CC)C[C@H](O)[C@H]2O)CC=C1C. The highest BCUT2D eigenvalue weighted by molar-refractivity contribution is 5.20. The van der Waals surface area contributed by atoms with E-state index in [2.05, 4.69) is 65.0 Å². The molecule has 1 aliphatic carbocycles. The number of rotatable bonds is 11. The van der Waals surface area contributed by atoms with Gasteiger partial charge in [-0.2, -0.15) is 0 Å². The molecule has 3 aliphatic rings. The average molecular weight is 517 g/mol. The lowest BCUT2D eigenvalue weighted by atomic mass is 9.86. The Morgan fingerprint density at radius 2 is 1.78 bits per heavy atom. The molecule has 2 fully saturated rings. The highest BCUT2D eigenvalue weighted by Crippen LogP contribution is 2.48. The molecule has 0 aromatic heterocycles. The lowest BCUT2D eigenvalue weighted by Crippen LogP contribution is -2.49. The molecule has 0 unspecified atom stereocenters. The number of hydrogen-bond acceptors (Lipinski definition) is 5. The third-order valence-electron chi connectivity index (χ3n) is 9.08. The normalized spacial score (nSPS) is 38.3. The average Bonchev–Trinajstić information content (AvgIpc) is 3.51. The van der Waals surface area contributed by atoms with Gasteiger partial charge in [0.15, 0.2) is 0 Å². The summed E-state index contributed by atoms with van der Waals surface area (Å²) in [5.41, 5.74) is 1.86. The summed E-state index contributed by atoms with van der Waals surface area (Å²) < 4.78 is 12.4. The zero-order chi connectivity index (χ0) is 27.3. The maximum absolute atomic E-state index is 10.7. The number of hydrogen-bond donors (Lipinski definition) is 3. The second-order valence-corrected chi connectivity index (χ2v) is 11.9. The highest BCUT2D eigenvalue weighted by Gasteiger charge is 2.44. The summed E-state index contributed by atoms with van der Waals surface area (Å²) in [7, 11) is 0. The van der Waals surface area contributed by atoms with Crippen LogP contribution in [0.15, 0.2) is 47.6 Å². The van der Waals surface area contributed by atoms with Gasteiger partial charge in [0.1, 0.15) is 12.2 Å². The monoisotopic (exact) mass is 516 g/mol. The molecule has 37 heavy (non-hydrogen) atoms. The molecule has 0 aromatic carbocycles. The predicted octanol–water partition coefficient (Wildman–Crippen LogP) is 5.90. The molecule has 1 saturated carbocycles. The van der Waals surface area contributed by atoms with Crippen LogP contribution in [0.1, 0.15) is 87.0 Å². The summed E-state index contributed by atoms with van der Waals surface area (Å²) in [5, 5.41) is 31.7. The quantitative estimate of drug-likeness (QED) is 0.298. The molecule has 10 atom stereocenters. The van der Waals surface area contributed by atoms with Crippen molar-refractivity contribution in [1.29, 1.82) is 0 Å². The van der Waals surface area contributed by atoms with Crippen molar-refractivity contribution >= 4 is 0 Å². The van der Waals surface area contributed by atoms with Crippen LogP contribution in [-0.2, 0) is 9.47 Å². The van der Waals surface area contributed by atoms with E-state index in [0.717, 1.165) is 12.8 Å². The summed E-state index contributed by atoms with van der Waals surface area (Å²) in [5.74, 6) is 1.75. The van der Waals surface area contributed by atoms with Gasteiger partial charge in [-0.25, -0.2) is 0 Å². The minimum atomic E-state index is -0.937. The molecule has 5 nitrogen and oxygen atoms in total. The maximum Gasteiger partial charge on any atom is 0.110 e. The van der Waals surface area contributed by atoms with Crippen LogP contribution in [0.25, 0.3) is 0 Å². The molecule has 0 spiro atoms. The molecule has 3 N–H and O–H groups in total. The van der Waals surface area contributed by atoms with E-state index in [-0.39, 0.29) is 18.3 Å². The Kier molecular flexibility index (Phi) is 10.8. The van der Waals surface area contributed by atoms with E-state index in [1.165, 1.54) is 11.1 Å². The Morgan fingerprint density at radius 1 is 1.11 bits per heavy atom. The summed E-state index contributed by atoms with van der Waals surface area (Å²) in [4.78, 5) is 0. The third kappa shape index (κ3) is 7.89. The van der Waals surface area contributed by atoms with Crippen LogP contribution < -0.4 is 0 Å². The van der Waals surface area contributed by atoms with Gasteiger partial charge >= 0.3 is 0 Å². The van der Waals surface area contributed by atoms with Crippen LogP contribution in [-0.4, -0.2) is 57.5 Å². The lowest BCUT2D eigenvalue weighted by molar-refractivity contribution is -0.167. The molecule has 2 aliphatic heterocycles. The molecule has 0 aromatic rings. The molecule has 1 saturated heterocycles. The first-order chi connectivity index (χ1) is 17.5. The summed E-state index contributed by atoms with van der Waals surface area (Å²) in [6, 6.07) is 0. The van der Waals surface area contributed by atoms with Gasteiger partial charge in [-0.3, -0.25) is 0 Å². The van der Waals surface area contributed by atoms with Crippen molar-refractivity contribution in [3.8, 4) is 0 Å². The van der Waals surface area contributed by atoms with Crippen molar-refractivity contribution in [2.45, 2.75) is 129 Å². The second-order valence-electron chi connectivity index (χ2n) is 11.9. The van der Waals surface area contributed by atoms with Crippen LogP contribution in [0.2, 0.25) is 0 Å². The first-order valence-electron chi connectivity index (χ1n) is 14.6. The first kappa shape index (κ1) is 30.3. The third-order valence-corrected chi connectivity index (χ3v) is 9.08. The summed E-state index contributed by atoms with van der Waals surface area (Å²) in [6.45, 7) is 14.9. The fraction of sp³-hybridized carbons (Fsp3) is 0.750. The fourth-order valence-corrected chi connectivity index (χ4v) is 5.99. The molecule has 5 heteroatoms. The van der Waals surface area contributed by atoms with Crippen LogP contribution in [0.5, 0.6) is 0 Å². The van der Waals surface area contributed by atoms with Crippen LogP contribution in [0, 0.1) is 23.7 Å². The van der Waals surface area contributed by atoms with Crippen molar-refractivity contribution in [1.82, 2.24) is 0 Å². The largest absolute Gasteiger partial charge is 0.390 e. The van der Waals surface area contributed by atoms with Gasteiger partial charge in [-0.05, 0) is 74.3 Å². The van der Waals surface area contributed by atoms with E-state index in [9.17, 15) is 15.3 Å². The Bertz CT molecular complexity index is 853. The van der Waals surface area contributed by atoms with Gasteiger partial charge in [0.05, 0.1) is 30.0 Å². The van der Waals surface area contributed by atoms with Crippen molar-refractivity contribution in [2.24, 2.45) is 23.7 Å². The molecule has 2 heterocycles. The highest BCUT2D eigenvalue weighted by atomic mass is 16.5. The van der Waals surface area contributed by atoms with Crippen molar-refractivity contribution in [2.75, 3.05) is 0 Å². The smallest absolute Gasteiger partial charge is 0.110 e. The van der Waals surface area contributed by atoms with Gasteiger partial charge < -0.3 is 24.8 Å². The second kappa shape index (κ2) is 13.2. The van der Waals surface area contributed by atoms with Gasteiger partial charge in [0.25, 0.3) is 0 Å². The van der Waals surface area contributed by atoms with Crippen molar-refractivity contribution in [3.63, 3.8) is 0 Å². The predicted molar refractivity (Wildman–Crippen MR) is 150 cm³/mol. The molecular weight excluding hydrogens is 464 g/mol. The lowest BCUT2D eigenvalue weighted by Gasteiger charge is -2.39. The zero-order valence-corrected chi connectivity index (χ0v) is 24.1. The number of aliphatic hydroxyl groups is 3. The molecule has 0 bridgehead atoms. The Hall–Kier alpha value is -1.24. The summed E-state index contributed by atoms with van der Waals surface area (Å²) >= 11 is 0. The Morgan fingerprint density at radius 3 is 2.43 bits per heavy atom. The zero-order valence-electron chi connectivity index (χ0n) is 24.1. The Labute approximate surface area is 225 Å². The van der Waals surface area contributed by atoms with Crippen LogP contribution >= 0.6 is 0 Å². The van der Waals surface area contributed by atoms with E-state index in [1.807, 2.05) is 19.9 Å². The number of ether oxygens (including phenoxy) is 2. The van der Waals surface area contributed by atoms with Gasteiger partial charge in [0, 0.05) is 12.8 Å². The van der Waals surface area contributed by atoms with Gasteiger partial charge in [0.2, 0.25) is 0 Å². The number of aliphatic hydroxyl groups excluding tert-OH is 2. The molecule has 210 valence electrons. The maximum atomic E-state index is 10.7. The standard InChI is InChI=1S/C32H52O5/c1-8-28-21(5)12-15-29(37-28)22(6)17-20(4)11-13-25-23(7)26(25)14-16-30-31(34)27(33)18-24(36-30)19-32(35,9-2)10-3/h11-14,16-17,20,23-31,33-35H,8-10,15,18-19H2,1-7H3/b13-11+,16-14+,22-17+/t20-,23-,24+,25+,26+,27+,28-,29-,30+,31-/m1/s1. The molecule has 0 radical (unpaired) electrons. The Balaban J connectivity index is 1.54. The van der Waals surface area contributed by atoms with Crippen molar-refractivity contribution < 1.29 is 24.8 Å². The van der Waals surface area contributed by atoms with E-state index in [1.54, 1.807) is 0 Å². The fourth-order valence-electron chi connectivity index (χ4n) is 5.99. The number of allylic oxidation sites excluding steroid dienone is 4. The molecule has 3 rings (SSSR count). The van der Waals surface area contributed by atoms with Gasteiger partial charge in [-0.1, -0.05) is 71.1 Å². The first-order valence-corrected chi connectivity index (χ1v) is 14.6. The van der Waals surface area contributed by atoms with E-state index in [0.29, 0.717) is 49.4 Å². The van der Waals surface area contributed by atoms with Gasteiger partial charge in [-0.15, -0.1) is 0 Å². The van der Waals surface area contributed by atoms with E-state index < -0.39 is 23.9 Å². The van der Waals surface area contributed by atoms with Crippen molar-refractivity contribution in [3.05, 3.63) is 47.6 Å². The minimum Gasteiger partial charge on any atom is -0.390 e.